The molecule has 0 N–H and O–H groups in total. The number of ether oxygens (including phenoxy) is 1. The quantitative estimate of drug-likeness (QED) is 0.727. The van der Waals surface area contributed by atoms with Crippen LogP contribution in [0.2, 0.25) is 0 Å². The van der Waals surface area contributed by atoms with Crippen molar-refractivity contribution in [3.8, 4) is 11.8 Å². The third kappa shape index (κ3) is 2.82. The van der Waals surface area contributed by atoms with Gasteiger partial charge in [-0.3, -0.25) is 0 Å². The van der Waals surface area contributed by atoms with Gasteiger partial charge in [0.1, 0.15) is 35.7 Å². The van der Waals surface area contributed by atoms with Gasteiger partial charge in [0.25, 0.3) is 0 Å². The van der Waals surface area contributed by atoms with Gasteiger partial charge >= 0.3 is 0 Å². The Morgan fingerprint density at radius 3 is 3.00 bits per heavy atom. The van der Waals surface area contributed by atoms with Crippen molar-refractivity contribution in [3.05, 3.63) is 53.9 Å². The van der Waals surface area contributed by atoms with Gasteiger partial charge < -0.3 is 9.30 Å². The number of halogens is 1. The molecular weight excluding hydrogens is 319 g/mol. The summed E-state index contributed by atoms with van der Waals surface area (Å²) in [6.45, 7) is 1.98. The Labute approximate surface area is 144 Å². The van der Waals surface area contributed by atoms with Gasteiger partial charge in [-0.15, -0.1) is 0 Å². The van der Waals surface area contributed by atoms with Crippen molar-refractivity contribution in [2.75, 3.05) is 0 Å². The number of aromatic nitrogens is 3. The average molecular weight is 336 g/mol. The molecule has 2 atom stereocenters. The molecule has 0 amide bonds. The highest BCUT2D eigenvalue weighted by Gasteiger charge is 2.29. The minimum atomic E-state index is -0.429. The topological polar surface area (TPSA) is 63.7 Å². The Hall–Kier alpha value is -2.94. The van der Waals surface area contributed by atoms with E-state index < -0.39 is 5.82 Å². The lowest BCUT2D eigenvalue weighted by Gasteiger charge is -2.16. The Bertz CT molecular complexity index is 975. The first kappa shape index (κ1) is 15.6. The smallest absolute Gasteiger partial charge is 0.143 e. The summed E-state index contributed by atoms with van der Waals surface area (Å²) >= 11 is 0. The Kier molecular flexibility index (Phi) is 3.85. The van der Waals surface area contributed by atoms with E-state index in [4.69, 9.17) is 10.00 Å². The summed E-state index contributed by atoms with van der Waals surface area (Å²) in [6, 6.07) is 8.40. The molecule has 2 aromatic heterocycles. The van der Waals surface area contributed by atoms with Crippen molar-refractivity contribution in [2.45, 2.75) is 38.3 Å². The molecule has 126 valence electrons. The molecule has 4 rings (SSSR count). The standard InChI is InChI=1S/C19H17FN4O/c1-12-17-6-7-24(19(17)23-11-22-12)15-3-4-16(9-15)25-18-5-2-14(20)8-13(18)10-21/h2,5-8,11,15-16H,3-4,9H2,1H3/t15-,16+/m0/s1. The fourth-order valence-electron chi connectivity index (χ4n) is 3.54. The van der Waals surface area contributed by atoms with Gasteiger partial charge in [0.15, 0.2) is 0 Å². The molecule has 1 aliphatic rings. The van der Waals surface area contributed by atoms with Crippen LogP contribution in [0.1, 0.15) is 36.6 Å². The summed E-state index contributed by atoms with van der Waals surface area (Å²) in [5, 5.41) is 10.2. The van der Waals surface area contributed by atoms with Crippen molar-refractivity contribution >= 4 is 11.0 Å². The van der Waals surface area contributed by atoms with Crippen LogP contribution in [0.5, 0.6) is 5.75 Å². The van der Waals surface area contributed by atoms with Gasteiger partial charge in [-0.2, -0.15) is 5.26 Å². The van der Waals surface area contributed by atoms with Crippen LogP contribution in [0.4, 0.5) is 4.39 Å². The van der Waals surface area contributed by atoms with E-state index in [1.165, 1.54) is 18.2 Å². The predicted molar refractivity (Wildman–Crippen MR) is 90.7 cm³/mol. The second kappa shape index (κ2) is 6.17. The zero-order chi connectivity index (χ0) is 17.4. The highest BCUT2D eigenvalue weighted by atomic mass is 19.1. The number of nitrogens with zero attached hydrogens (tertiary/aromatic N) is 4. The van der Waals surface area contributed by atoms with E-state index in [2.05, 4.69) is 20.7 Å². The summed E-state index contributed by atoms with van der Waals surface area (Å²) in [5.41, 5.74) is 2.15. The zero-order valence-corrected chi connectivity index (χ0v) is 13.8. The van der Waals surface area contributed by atoms with Gasteiger partial charge in [0.2, 0.25) is 0 Å². The Balaban J connectivity index is 1.54. The third-order valence-electron chi connectivity index (χ3n) is 4.81. The van der Waals surface area contributed by atoms with E-state index in [-0.39, 0.29) is 11.7 Å². The van der Waals surface area contributed by atoms with Gasteiger partial charge in [0, 0.05) is 24.0 Å². The summed E-state index contributed by atoms with van der Waals surface area (Å²) in [4.78, 5) is 8.65. The molecule has 1 aromatic carbocycles. The van der Waals surface area contributed by atoms with E-state index in [0.29, 0.717) is 11.8 Å². The monoisotopic (exact) mass is 336 g/mol. The molecular formula is C19H17FN4O. The first-order valence-corrected chi connectivity index (χ1v) is 8.30. The molecule has 0 saturated heterocycles. The molecule has 3 aromatic rings. The van der Waals surface area contributed by atoms with Crippen molar-refractivity contribution in [1.82, 2.24) is 14.5 Å². The van der Waals surface area contributed by atoms with E-state index in [1.54, 1.807) is 6.33 Å². The number of hydrogen-bond donors (Lipinski definition) is 0. The van der Waals surface area contributed by atoms with Crippen LogP contribution in [0.3, 0.4) is 0 Å². The minimum absolute atomic E-state index is 0.00273. The van der Waals surface area contributed by atoms with Crippen LogP contribution in [0.15, 0.2) is 36.8 Å². The molecule has 2 heterocycles. The minimum Gasteiger partial charge on any atom is -0.489 e. The fourth-order valence-corrected chi connectivity index (χ4v) is 3.54. The normalized spacial score (nSPS) is 19.9. The lowest BCUT2D eigenvalue weighted by Crippen LogP contribution is -2.14. The van der Waals surface area contributed by atoms with Crippen molar-refractivity contribution in [2.24, 2.45) is 0 Å². The number of fused-ring (bicyclic) bond motifs is 1. The van der Waals surface area contributed by atoms with E-state index in [9.17, 15) is 4.39 Å². The van der Waals surface area contributed by atoms with Gasteiger partial charge in [-0.05, 0) is 44.0 Å². The predicted octanol–water partition coefficient (Wildman–Crippen LogP) is 3.92. The van der Waals surface area contributed by atoms with Gasteiger partial charge in [-0.25, -0.2) is 14.4 Å². The SMILES string of the molecule is Cc1ncnc2c1ccn2[C@H]1CC[C@@H](Oc2ccc(F)cc2C#N)C1. The molecule has 1 fully saturated rings. The van der Waals surface area contributed by atoms with Crippen LogP contribution in [-0.2, 0) is 0 Å². The second-order valence-corrected chi connectivity index (χ2v) is 6.38. The Morgan fingerprint density at radius 1 is 1.28 bits per heavy atom. The van der Waals surface area contributed by atoms with Crippen LogP contribution in [0, 0.1) is 24.1 Å². The molecule has 5 nitrogen and oxygen atoms in total. The van der Waals surface area contributed by atoms with Gasteiger partial charge in [-0.1, -0.05) is 0 Å². The number of aryl methyl sites for hydroxylation is 1. The molecule has 0 bridgehead atoms. The highest BCUT2D eigenvalue weighted by Crippen LogP contribution is 2.35. The summed E-state index contributed by atoms with van der Waals surface area (Å²) in [5.74, 6) is 0.0205. The van der Waals surface area contributed by atoms with Crippen molar-refractivity contribution in [3.63, 3.8) is 0 Å². The maximum Gasteiger partial charge on any atom is 0.143 e. The molecule has 6 heteroatoms. The van der Waals surface area contributed by atoms with Crippen LogP contribution < -0.4 is 4.74 Å². The van der Waals surface area contributed by atoms with Gasteiger partial charge in [0.05, 0.1) is 11.3 Å². The maximum atomic E-state index is 13.3. The number of nitriles is 1. The summed E-state index contributed by atoms with van der Waals surface area (Å²) in [6.07, 6.45) is 6.34. The number of hydrogen-bond acceptors (Lipinski definition) is 4. The second-order valence-electron chi connectivity index (χ2n) is 6.38. The molecule has 25 heavy (non-hydrogen) atoms. The Morgan fingerprint density at radius 2 is 2.16 bits per heavy atom. The summed E-state index contributed by atoms with van der Waals surface area (Å²) in [7, 11) is 0. The van der Waals surface area contributed by atoms with Crippen LogP contribution >= 0.6 is 0 Å². The molecule has 1 aliphatic carbocycles. The average Bonchev–Trinajstić information content (AvgIpc) is 3.23. The van der Waals surface area contributed by atoms with Crippen molar-refractivity contribution in [1.29, 1.82) is 5.26 Å². The number of rotatable bonds is 3. The molecule has 0 spiro atoms. The lowest BCUT2D eigenvalue weighted by atomic mass is 10.2. The maximum absolute atomic E-state index is 13.3. The van der Waals surface area contributed by atoms with Crippen LogP contribution in [-0.4, -0.2) is 20.6 Å². The first-order valence-electron chi connectivity index (χ1n) is 8.30. The van der Waals surface area contributed by atoms with E-state index >= 15 is 0 Å². The molecule has 0 radical (unpaired) electrons. The number of benzene rings is 1. The van der Waals surface area contributed by atoms with Crippen molar-refractivity contribution < 1.29 is 9.13 Å². The first-order chi connectivity index (χ1) is 12.2. The molecule has 1 saturated carbocycles. The molecule has 0 unspecified atom stereocenters. The lowest BCUT2D eigenvalue weighted by molar-refractivity contribution is 0.204. The largest absolute Gasteiger partial charge is 0.489 e. The zero-order valence-electron chi connectivity index (χ0n) is 13.8. The molecule has 0 aliphatic heterocycles. The fraction of sp³-hybridized carbons (Fsp3) is 0.316. The third-order valence-corrected chi connectivity index (χ3v) is 4.81. The van der Waals surface area contributed by atoms with E-state index in [1.807, 2.05) is 19.1 Å². The van der Waals surface area contributed by atoms with E-state index in [0.717, 1.165) is 36.0 Å². The summed E-state index contributed by atoms with van der Waals surface area (Å²) < 4.78 is 21.4. The van der Waals surface area contributed by atoms with Crippen LogP contribution in [0.25, 0.3) is 11.0 Å². The highest BCUT2D eigenvalue weighted by molar-refractivity contribution is 5.78.